The molecule has 2 N–H and O–H groups in total. The van der Waals surface area contributed by atoms with Crippen LogP contribution >= 0.6 is 39.3 Å². The van der Waals surface area contributed by atoms with Gasteiger partial charge in [-0.2, -0.15) is 0 Å². The first kappa shape index (κ1) is 31.1. The minimum atomic E-state index is -1.16. The Balaban J connectivity index is 1.29. The molecule has 0 unspecified atom stereocenters. The first-order valence-electron chi connectivity index (χ1n) is 13.8. The van der Waals surface area contributed by atoms with Crippen LogP contribution in [0.1, 0.15) is 30.9 Å². The number of carbonyl (C=O) groups excluding carboxylic acids is 1. The first-order chi connectivity index (χ1) is 19.2. The number of carbonyl (C=O) groups is 2. The maximum atomic E-state index is 13.7. The van der Waals surface area contributed by atoms with Crippen LogP contribution in [0, 0.1) is 11.7 Å². The molecule has 40 heavy (non-hydrogen) atoms. The van der Waals surface area contributed by atoms with Crippen molar-refractivity contribution in [3.05, 3.63) is 62.8 Å². The summed E-state index contributed by atoms with van der Waals surface area (Å²) in [6.07, 6.45) is 1.22. The molecule has 2 aliphatic rings. The highest BCUT2D eigenvalue weighted by Crippen LogP contribution is 2.27. The number of rotatable bonds is 10. The molecule has 2 fully saturated rings. The van der Waals surface area contributed by atoms with E-state index >= 15 is 0 Å². The van der Waals surface area contributed by atoms with Gasteiger partial charge in [0.25, 0.3) is 0 Å². The smallest absolute Gasteiger partial charge is 0.405 e. The topological polar surface area (TPSA) is 76.1 Å². The van der Waals surface area contributed by atoms with Gasteiger partial charge in [0.15, 0.2) is 0 Å². The van der Waals surface area contributed by atoms with Crippen molar-refractivity contribution in [2.45, 2.75) is 43.7 Å². The summed E-state index contributed by atoms with van der Waals surface area (Å²) in [6, 6.07) is 10.00. The fourth-order valence-electron chi connectivity index (χ4n) is 5.55. The Morgan fingerprint density at radius 2 is 1.80 bits per heavy atom. The van der Waals surface area contributed by atoms with Crippen LogP contribution in [-0.2, 0) is 17.8 Å². The molecule has 0 bridgehead atoms. The Morgan fingerprint density at radius 3 is 2.48 bits per heavy atom. The SMILES string of the molecule is CCSc1cc(F)ccc1CN1CCN(C(=O)[C@H](NC(=O)O)C2CCN(CCc3cc(Cl)ccc3Br)CC2)CC1. The molecule has 0 aromatic heterocycles. The largest absolute Gasteiger partial charge is 0.465 e. The van der Waals surface area contributed by atoms with Gasteiger partial charge in [0.05, 0.1) is 0 Å². The number of hydrogen-bond donors (Lipinski definition) is 2. The van der Waals surface area contributed by atoms with Gasteiger partial charge in [-0.05, 0) is 85.5 Å². The molecule has 7 nitrogen and oxygen atoms in total. The van der Waals surface area contributed by atoms with Crippen molar-refractivity contribution >= 4 is 51.3 Å². The van der Waals surface area contributed by atoms with E-state index in [0.29, 0.717) is 32.7 Å². The molecule has 2 aromatic carbocycles. The van der Waals surface area contributed by atoms with Crippen LogP contribution in [0.15, 0.2) is 45.8 Å². The molecule has 0 spiro atoms. The van der Waals surface area contributed by atoms with E-state index in [0.717, 1.165) is 70.2 Å². The van der Waals surface area contributed by atoms with E-state index < -0.39 is 12.1 Å². The summed E-state index contributed by atoms with van der Waals surface area (Å²) < 4.78 is 14.8. The normalized spacial score (nSPS) is 18.1. The second kappa shape index (κ2) is 14.9. The molecule has 11 heteroatoms. The van der Waals surface area contributed by atoms with Crippen molar-refractivity contribution in [1.82, 2.24) is 20.0 Å². The zero-order chi connectivity index (χ0) is 28.6. The molecule has 0 aliphatic carbocycles. The van der Waals surface area contributed by atoms with Crippen molar-refractivity contribution in [1.29, 1.82) is 0 Å². The number of likely N-dealkylation sites (tertiary alicyclic amines) is 1. The Morgan fingerprint density at radius 1 is 1.07 bits per heavy atom. The van der Waals surface area contributed by atoms with Gasteiger partial charge in [-0.25, -0.2) is 9.18 Å². The summed E-state index contributed by atoms with van der Waals surface area (Å²) in [6.45, 7) is 7.73. The van der Waals surface area contributed by atoms with Crippen molar-refractivity contribution in [2.24, 2.45) is 5.92 Å². The lowest BCUT2D eigenvalue weighted by molar-refractivity contribution is -0.137. The summed E-state index contributed by atoms with van der Waals surface area (Å²) >= 11 is 11.4. The van der Waals surface area contributed by atoms with Crippen LogP contribution in [-0.4, -0.2) is 89.4 Å². The molecule has 2 aliphatic heterocycles. The zero-order valence-electron chi connectivity index (χ0n) is 22.8. The fourth-order valence-corrected chi connectivity index (χ4v) is 7.01. The third-order valence-electron chi connectivity index (χ3n) is 7.76. The van der Waals surface area contributed by atoms with Crippen LogP contribution in [0.3, 0.4) is 0 Å². The summed E-state index contributed by atoms with van der Waals surface area (Å²) in [5.41, 5.74) is 2.25. The summed E-state index contributed by atoms with van der Waals surface area (Å²) in [5.74, 6) is 0.470. The van der Waals surface area contributed by atoms with E-state index in [1.54, 1.807) is 22.7 Å². The van der Waals surface area contributed by atoms with E-state index in [9.17, 15) is 19.1 Å². The Kier molecular flexibility index (Phi) is 11.6. The van der Waals surface area contributed by atoms with Gasteiger partial charge < -0.3 is 20.2 Å². The average molecular weight is 656 g/mol. The summed E-state index contributed by atoms with van der Waals surface area (Å²) in [4.78, 5) is 32.6. The number of piperidine rings is 1. The number of nitrogens with one attached hydrogen (secondary N) is 1. The van der Waals surface area contributed by atoms with Crippen molar-refractivity contribution in [3.8, 4) is 0 Å². The number of piperazine rings is 1. The van der Waals surface area contributed by atoms with E-state index in [1.165, 1.54) is 6.07 Å². The predicted molar refractivity (Wildman–Crippen MR) is 162 cm³/mol. The number of carboxylic acid groups (broad SMARTS) is 1. The number of nitrogens with zero attached hydrogens (tertiary/aromatic N) is 3. The number of hydrogen-bond acceptors (Lipinski definition) is 5. The van der Waals surface area contributed by atoms with Crippen LogP contribution in [0.25, 0.3) is 0 Å². The molecule has 0 saturated carbocycles. The number of amides is 2. The van der Waals surface area contributed by atoms with Crippen molar-refractivity contribution < 1.29 is 19.1 Å². The molecule has 2 heterocycles. The zero-order valence-corrected chi connectivity index (χ0v) is 25.9. The van der Waals surface area contributed by atoms with Gasteiger partial charge in [-0.3, -0.25) is 9.69 Å². The van der Waals surface area contributed by atoms with Crippen molar-refractivity contribution in [2.75, 3.05) is 51.6 Å². The average Bonchev–Trinajstić information content (AvgIpc) is 2.94. The minimum Gasteiger partial charge on any atom is -0.465 e. The van der Waals surface area contributed by atoms with Gasteiger partial charge >= 0.3 is 6.09 Å². The monoisotopic (exact) mass is 654 g/mol. The standard InChI is InChI=1S/C29H37BrClFN4O3S/c1-2-40-26-18-24(32)5-3-22(26)19-35-13-15-36(16-14-35)28(37)27(33-29(38)39)20-7-10-34(11-8-20)12-9-21-17-23(31)4-6-25(21)30/h3-6,17-18,20,27,33H,2,7-16,19H2,1H3,(H,38,39)/t27-/m1/s1. The maximum absolute atomic E-state index is 13.7. The molecule has 2 amide bonds. The third kappa shape index (κ3) is 8.58. The third-order valence-corrected chi connectivity index (χ3v) is 9.75. The molecular weight excluding hydrogens is 619 g/mol. The molecule has 218 valence electrons. The quantitative estimate of drug-likeness (QED) is 0.325. The highest BCUT2D eigenvalue weighted by molar-refractivity contribution is 9.10. The number of benzene rings is 2. The molecular formula is C29H37BrClFN4O3S. The van der Waals surface area contributed by atoms with Gasteiger partial charge in [-0.1, -0.05) is 40.5 Å². The lowest BCUT2D eigenvalue weighted by Crippen LogP contribution is -2.57. The van der Waals surface area contributed by atoms with Crippen LogP contribution in [0.4, 0.5) is 9.18 Å². The molecule has 1 atom stereocenters. The van der Waals surface area contributed by atoms with E-state index in [2.05, 4.69) is 38.0 Å². The second-order valence-corrected chi connectivity index (χ2v) is 13.0. The molecule has 0 radical (unpaired) electrons. The molecule has 2 aromatic rings. The van der Waals surface area contributed by atoms with E-state index in [1.807, 2.05) is 24.3 Å². The second-order valence-electron chi connectivity index (χ2n) is 10.4. The first-order valence-corrected chi connectivity index (χ1v) is 16.0. The summed E-state index contributed by atoms with van der Waals surface area (Å²) in [5, 5.41) is 12.8. The lowest BCUT2D eigenvalue weighted by atomic mass is 9.88. The highest BCUT2D eigenvalue weighted by Gasteiger charge is 2.36. The predicted octanol–water partition coefficient (Wildman–Crippen LogP) is 5.59. The fraction of sp³-hybridized carbons (Fsp3) is 0.517. The van der Waals surface area contributed by atoms with Gasteiger partial charge in [0.2, 0.25) is 5.91 Å². The van der Waals surface area contributed by atoms with Gasteiger partial charge in [0.1, 0.15) is 11.9 Å². The van der Waals surface area contributed by atoms with Crippen LogP contribution in [0.2, 0.25) is 5.02 Å². The number of thioether (sulfide) groups is 1. The van der Waals surface area contributed by atoms with E-state index in [-0.39, 0.29) is 17.6 Å². The van der Waals surface area contributed by atoms with E-state index in [4.69, 9.17) is 11.6 Å². The molecule has 4 rings (SSSR count). The van der Waals surface area contributed by atoms with Crippen LogP contribution in [0.5, 0.6) is 0 Å². The minimum absolute atomic E-state index is 0.0383. The molecule has 2 saturated heterocycles. The Bertz CT molecular complexity index is 1180. The summed E-state index contributed by atoms with van der Waals surface area (Å²) in [7, 11) is 0. The maximum Gasteiger partial charge on any atom is 0.405 e. The Labute approximate surface area is 253 Å². The highest BCUT2D eigenvalue weighted by atomic mass is 79.9. The van der Waals surface area contributed by atoms with Crippen LogP contribution < -0.4 is 5.32 Å². The van der Waals surface area contributed by atoms with Gasteiger partial charge in [-0.15, -0.1) is 11.8 Å². The lowest BCUT2D eigenvalue weighted by Gasteiger charge is -2.40. The Hall–Kier alpha value is -1.85. The number of halogens is 3. The van der Waals surface area contributed by atoms with Gasteiger partial charge in [0, 0.05) is 53.7 Å². The van der Waals surface area contributed by atoms with Crippen molar-refractivity contribution in [3.63, 3.8) is 0 Å².